The molecule has 1 unspecified atom stereocenters. The van der Waals surface area contributed by atoms with Crippen LogP contribution in [0.2, 0.25) is 5.02 Å². The van der Waals surface area contributed by atoms with Gasteiger partial charge in [-0.2, -0.15) is 0 Å². The van der Waals surface area contributed by atoms with Crippen LogP contribution in [0.4, 0.5) is 0 Å². The average Bonchev–Trinajstić information content (AvgIpc) is 2.45. The number of rotatable bonds is 5. The minimum absolute atomic E-state index is 0.0991. The van der Waals surface area contributed by atoms with Crippen molar-refractivity contribution in [3.63, 3.8) is 0 Å². The summed E-state index contributed by atoms with van der Waals surface area (Å²) in [5.41, 5.74) is 7.01. The molecule has 2 rings (SSSR count). The maximum absolute atomic E-state index is 6.08. The van der Waals surface area contributed by atoms with Crippen molar-refractivity contribution in [2.75, 3.05) is 7.11 Å². The molecule has 2 aromatic rings. The zero-order chi connectivity index (χ0) is 15.4. The second-order valence-corrected chi connectivity index (χ2v) is 5.53. The molecule has 0 amide bonds. The van der Waals surface area contributed by atoms with Crippen LogP contribution in [0.15, 0.2) is 30.5 Å². The molecule has 1 heterocycles. The van der Waals surface area contributed by atoms with E-state index in [1.54, 1.807) is 7.11 Å². The van der Waals surface area contributed by atoms with Gasteiger partial charge in [0.05, 0.1) is 18.8 Å². The van der Waals surface area contributed by atoms with Gasteiger partial charge < -0.3 is 4.74 Å². The first-order valence-electron chi connectivity index (χ1n) is 6.77. The fraction of sp³-hybridized carbons (Fsp3) is 0.312. The second-order valence-electron chi connectivity index (χ2n) is 5.09. The highest BCUT2D eigenvalue weighted by molar-refractivity contribution is 6.30. The molecule has 5 heteroatoms. The number of hydrazine groups is 1. The smallest absolute Gasteiger partial charge is 0.122 e. The number of pyridine rings is 1. The Morgan fingerprint density at radius 3 is 2.71 bits per heavy atom. The van der Waals surface area contributed by atoms with Crippen molar-refractivity contribution in [1.29, 1.82) is 0 Å². The molecule has 0 fully saturated rings. The summed E-state index contributed by atoms with van der Waals surface area (Å²) in [6.07, 6.45) is 2.50. The van der Waals surface area contributed by atoms with Gasteiger partial charge in [-0.1, -0.05) is 17.7 Å². The van der Waals surface area contributed by atoms with Crippen LogP contribution < -0.4 is 16.0 Å². The molecule has 0 radical (unpaired) electrons. The Kier molecular flexibility index (Phi) is 5.17. The Balaban J connectivity index is 2.33. The normalized spacial score (nSPS) is 12.2. The van der Waals surface area contributed by atoms with Gasteiger partial charge in [0.2, 0.25) is 0 Å². The van der Waals surface area contributed by atoms with Gasteiger partial charge in [-0.05, 0) is 55.2 Å². The second kappa shape index (κ2) is 6.89. The summed E-state index contributed by atoms with van der Waals surface area (Å²) < 4.78 is 5.38. The molecule has 0 aliphatic carbocycles. The molecule has 1 aromatic heterocycles. The van der Waals surface area contributed by atoms with Crippen LogP contribution in [-0.2, 0) is 6.42 Å². The van der Waals surface area contributed by atoms with Crippen molar-refractivity contribution in [1.82, 2.24) is 10.4 Å². The summed E-state index contributed by atoms with van der Waals surface area (Å²) in [5, 5.41) is 0.676. The lowest BCUT2D eigenvalue weighted by Gasteiger charge is -2.19. The summed E-state index contributed by atoms with van der Waals surface area (Å²) in [6.45, 7) is 4.06. The van der Waals surface area contributed by atoms with E-state index in [4.69, 9.17) is 22.2 Å². The van der Waals surface area contributed by atoms with Crippen molar-refractivity contribution in [3.8, 4) is 5.75 Å². The highest BCUT2D eigenvalue weighted by Crippen LogP contribution is 2.28. The Morgan fingerprint density at radius 1 is 1.33 bits per heavy atom. The van der Waals surface area contributed by atoms with Gasteiger partial charge in [-0.25, -0.2) is 0 Å². The SMILES string of the molecule is COc1ccc(Cl)cc1CC(NN)c1ncc(C)cc1C. The number of benzene rings is 1. The summed E-state index contributed by atoms with van der Waals surface area (Å²) in [6, 6.07) is 7.57. The van der Waals surface area contributed by atoms with Crippen molar-refractivity contribution in [3.05, 3.63) is 57.9 Å². The van der Waals surface area contributed by atoms with E-state index in [1.807, 2.05) is 38.2 Å². The van der Waals surface area contributed by atoms with Crippen LogP contribution in [0.25, 0.3) is 0 Å². The molecule has 0 spiro atoms. The number of ether oxygens (including phenoxy) is 1. The molecule has 112 valence electrons. The number of aryl methyl sites for hydroxylation is 2. The highest BCUT2D eigenvalue weighted by atomic mass is 35.5. The number of hydrogen-bond donors (Lipinski definition) is 2. The molecule has 0 saturated carbocycles. The molecule has 0 bridgehead atoms. The molecule has 4 nitrogen and oxygen atoms in total. The molecule has 3 N–H and O–H groups in total. The minimum atomic E-state index is -0.0991. The van der Waals surface area contributed by atoms with E-state index in [-0.39, 0.29) is 6.04 Å². The molecule has 21 heavy (non-hydrogen) atoms. The fourth-order valence-corrected chi connectivity index (χ4v) is 2.65. The van der Waals surface area contributed by atoms with Crippen molar-refractivity contribution in [2.24, 2.45) is 5.84 Å². The van der Waals surface area contributed by atoms with E-state index in [1.165, 1.54) is 0 Å². The minimum Gasteiger partial charge on any atom is -0.496 e. The molecule has 0 aliphatic rings. The monoisotopic (exact) mass is 305 g/mol. The molecular formula is C16H20ClN3O. The Labute approximate surface area is 130 Å². The van der Waals surface area contributed by atoms with Gasteiger partial charge in [0.1, 0.15) is 5.75 Å². The van der Waals surface area contributed by atoms with Crippen LogP contribution in [0.5, 0.6) is 5.75 Å². The third-order valence-electron chi connectivity index (χ3n) is 3.45. The first-order chi connectivity index (χ1) is 10.0. The van der Waals surface area contributed by atoms with Gasteiger partial charge in [0.25, 0.3) is 0 Å². The number of nitrogens with one attached hydrogen (secondary N) is 1. The van der Waals surface area contributed by atoms with Crippen LogP contribution in [0.1, 0.15) is 28.4 Å². The molecular weight excluding hydrogens is 286 g/mol. The van der Waals surface area contributed by atoms with E-state index in [0.717, 1.165) is 28.1 Å². The molecule has 1 aromatic carbocycles. The number of nitrogens with two attached hydrogens (primary N) is 1. The van der Waals surface area contributed by atoms with E-state index in [2.05, 4.69) is 16.5 Å². The summed E-state index contributed by atoms with van der Waals surface area (Å²) in [4.78, 5) is 4.51. The zero-order valence-corrected chi connectivity index (χ0v) is 13.2. The van der Waals surface area contributed by atoms with Crippen LogP contribution in [0, 0.1) is 13.8 Å². The largest absolute Gasteiger partial charge is 0.496 e. The number of methoxy groups -OCH3 is 1. The Hall–Kier alpha value is -1.62. The Bertz CT molecular complexity index is 631. The van der Waals surface area contributed by atoms with Crippen LogP contribution >= 0.6 is 11.6 Å². The fourth-order valence-electron chi connectivity index (χ4n) is 2.45. The lowest BCUT2D eigenvalue weighted by molar-refractivity contribution is 0.405. The van der Waals surface area contributed by atoms with Gasteiger partial charge in [-0.15, -0.1) is 0 Å². The molecule has 0 saturated heterocycles. The topological polar surface area (TPSA) is 60.2 Å². The summed E-state index contributed by atoms with van der Waals surface area (Å²) in [5.74, 6) is 6.52. The van der Waals surface area contributed by atoms with Gasteiger partial charge in [0, 0.05) is 11.2 Å². The molecule has 0 aliphatic heterocycles. The van der Waals surface area contributed by atoms with Crippen molar-refractivity contribution >= 4 is 11.6 Å². The maximum atomic E-state index is 6.08. The predicted octanol–water partition coefficient (Wildman–Crippen LogP) is 3.11. The Morgan fingerprint density at radius 2 is 2.10 bits per heavy atom. The molecule has 1 atom stereocenters. The summed E-state index contributed by atoms with van der Waals surface area (Å²) in [7, 11) is 1.65. The highest BCUT2D eigenvalue weighted by Gasteiger charge is 2.17. The quantitative estimate of drug-likeness (QED) is 0.658. The standard InChI is InChI=1S/C16H20ClN3O/c1-10-6-11(2)16(19-9-10)14(20-18)8-12-7-13(17)4-5-15(12)21-3/h4-7,9,14,20H,8,18H2,1-3H3. The van der Waals surface area contributed by atoms with E-state index < -0.39 is 0 Å². The van der Waals surface area contributed by atoms with Crippen LogP contribution in [0.3, 0.4) is 0 Å². The van der Waals surface area contributed by atoms with Gasteiger partial charge in [-0.3, -0.25) is 16.3 Å². The third kappa shape index (κ3) is 3.73. The zero-order valence-electron chi connectivity index (χ0n) is 12.5. The van der Waals surface area contributed by atoms with Gasteiger partial charge in [0.15, 0.2) is 0 Å². The van der Waals surface area contributed by atoms with Crippen molar-refractivity contribution in [2.45, 2.75) is 26.3 Å². The van der Waals surface area contributed by atoms with Crippen molar-refractivity contribution < 1.29 is 4.74 Å². The van der Waals surface area contributed by atoms with E-state index in [9.17, 15) is 0 Å². The van der Waals surface area contributed by atoms with Gasteiger partial charge >= 0.3 is 0 Å². The summed E-state index contributed by atoms with van der Waals surface area (Å²) >= 11 is 6.08. The average molecular weight is 306 g/mol. The predicted molar refractivity (Wildman–Crippen MR) is 85.5 cm³/mol. The number of aromatic nitrogens is 1. The number of halogens is 1. The number of nitrogens with zero attached hydrogens (tertiary/aromatic N) is 1. The first kappa shape index (κ1) is 15.8. The number of hydrogen-bond acceptors (Lipinski definition) is 4. The maximum Gasteiger partial charge on any atom is 0.122 e. The van der Waals surface area contributed by atoms with E-state index >= 15 is 0 Å². The van der Waals surface area contributed by atoms with Crippen LogP contribution in [-0.4, -0.2) is 12.1 Å². The van der Waals surface area contributed by atoms with E-state index in [0.29, 0.717) is 11.4 Å². The lowest BCUT2D eigenvalue weighted by atomic mass is 9.99. The lowest BCUT2D eigenvalue weighted by Crippen LogP contribution is -2.31. The first-order valence-corrected chi connectivity index (χ1v) is 7.14. The third-order valence-corrected chi connectivity index (χ3v) is 3.69.